The second kappa shape index (κ2) is 7.24. The number of aliphatic imine (C=N–C) groups is 1. The quantitative estimate of drug-likeness (QED) is 0.140. The second-order valence-electron chi connectivity index (χ2n) is 2.33. The Bertz CT molecular complexity index is 277. The van der Waals surface area contributed by atoms with Crippen LogP contribution in [-0.2, 0) is 14.4 Å². The molecule has 0 atom stereocenters. The first-order chi connectivity index (χ1) is 7.06. The van der Waals surface area contributed by atoms with E-state index in [1.807, 2.05) is 0 Å². The molecule has 9 heteroatoms. The van der Waals surface area contributed by atoms with E-state index in [1.54, 1.807) is 0 Å². The summed E-state index contributed by atoms with van der Waals surface area (Å²) in [6.07, 6.45) is 0.343. The molecule has 0 aromatic carbocycles. The molecule has 0 aromatic heterocycles. The number of hydrogen-bond donors (Lipinski definition) is 2. The lowest BCUT2D eigenvalue weighted by atomic mass is 10.3. The van der Waals surface area contributed by atoms with Crippen molar-refractivity contribution in [2.45, 2.75) is 12.8 Å². The summed E-state index contributed by atoms with van der Waals surface area (Å²) in [7, 11) is 0. The smallest absolute Gasteiger partial charge is 0.294 e. The Morgan fingerprint density at radius 3 is 2.87 bits per heavy atom. The summed E-state index contributed by atoms with van der Waals surface area (Å²) < 4.78 is 0. The highest BCUT2D eigenvalue weighted by atomic mass is 16.9. The molecule has 84 valence electrons. The molecule has 0 aliphatic heterocycles. The molecule has 3 N–H and O–H groups in total. The van der Waals surface area contributed by atoms with Crippen LogP contribution in [0.3, 0.4) is 0 Å². The summed E-state index contributed by atoms with van der Waals surface area (Å²) in [6, 6.07) is 0. The van der Waals surface area contributed by atoms with Gasteiger partial charge in [-0.1, -0.05) is 0 Å². The molecule has 0 radical (unpaired) electrons. The molecule has 0 aliphatic rings. The SMILES string of the molecule is NC(=NC=O)NC(=O)CCCO[N+](=O)[O-]. The van der Waals surface area contributed by atoms with Gasteiger partial charge in [0.05, 0.1) is 6.61 Å². The third kappa shape index (κ3) is 8.15. The van der Waals surface area contributed by atoms with Gasteiger partial charge in [-0.15, -0.1) is 10.1 Å². The van der Waals surface area contributed by atoms with Crippen LogP contribution < -0.4 is 11.1 Å². The van der Waals surface area contributed by atoms with Crippen LogP contribution in [-0.4, -0.2) is 30.0 Å². The molecule has 0 unspecified atom stereocenters. The summed E-state index contributed by atoms with van der Waals surface area (Å²) in [6.45, 7) is -0.175. The maximum absolute atomic E-state index is 11.0. The second-order valence-corrected chi connectivity index (χ2v) is 2.33. The Morgan fingerprint density at radius 2 is 2.33 bits per heavy atom. The number of carbonyl (C=O) groups is 2. The Morgan fingerprint density at radius 1 is 1.67 bits per heavy atom. The number of nitrogens with one attached hydrogen (secondary N) is 1. The molecule has 0 heterocycles. The van der Waals surface area contributed by atoms with Gasteiger partial charge in [0.2, 0.25) is 18.3 Å². The lowest BCUT2D eigenvalue weighted by molar-refractivity contribution is -0.757. The summed E-state index contributed by atoms with van der Waals surface area (Å²) in [5.41, 5.74) is 5.08. The highest BCUT2D eigenvalue weighted by Gasteiger charge is 2.03. The van der Waals surface area contributed by atoms with Crippen molar-refractivity contribution in [1.29, 1.82) is 0 Å². The third-order valence-corrected chi connectivity index (χ3v) is 1.20. The average molecular weight is 218 g/mol. The van der Waals surface area contributed by atoms with Gasteiger partial charge >= 0.3 is 0 Å². The zero-order valence-corrected chi connectivity index (χ0v) is 7.71. The maximum atomic E-state index is 11.0. The van der Waals surface area contributed by atoms with Crippen LogP contribution >= 0.6 is 0 Å². The topological polar surface area (TPSA) is 137 Å². The van der Waals surface area contributed by atoms with Crippen LogP contribution in [0.1, 0.15) is 12.8 Å². The molecule has 0 bridgehead atoms. The van der Waals surface area contributed by atoms with Gasteiger partial charge in [0.1, 0.15) is 0 Å². The summed E-state index contributed by atoms with van der Waals surface area (Å²) in [4.78, 5) is 37.5. The van der Waals surface area contributed by atoms with Crippen LogP contribution in [0.2, 0.25) is 0 Å². The van der Waals surface area contributed by atoms with Crippen LogP contribution in [0.5, 0.6) is 0 Å². The van der Waals surface area contributed by atoms with E-state index in [0.29, 0.717) is 0 Å². The zero-order valence-electron chi connectivity index (χ0n) is 7.71. The van der Waals surface area contributed by atoms with E-state index >= 15 is 0 Å². The van der Waals surface area contributed by atoms with Gasteiger partial charge in [0.25, 0.3) is 5.09 Å². The first kappa shape index (κ1) is 12.8. The number of carbonyl (C=O) groups excluding carboxylic acids is 2. The average Bonchev–Trinajstić information content (AvgIpc) is 2.12. The lowest BCUT2D eigenvalue weighted by Crippen LogP contribution is -2.36. The first-order valence-electron chi connectivity index (χ1n) is 3.90. The Kier molecular flexibility index (Phi) is 6.18. The van der Waals surface area contributed by atoms with E-state index in [1.165, 1.54) is 0 Å². The molecular formula is C6H10N4O5. The van der Waals surface area contributed by atoms with Crippen LogP contribution in [0.4, 0.5) is 0 Å². The highest BCUT2D eigenvalue weighted by Crippen LogP contribution is 1.90. The highest BCUT2D eigenvalue weighted by molar-refractivity contribution is 5.98. The Hall–Kier alpha value is -2.19. The van der Waals surface area contributed by atoms with Gasteiger partial charge in [-0.05, 0) is 6.42 Å². The van der Waals surface area contributed by atoms with Crippen molar-refractivity contribution >= 4 is 18.3 Å². The molecule has 0 saturated heterocycles. The van der Waals surface area contributed by atoms with E-state index in [0.717, 1.165) is 0 Å². The number of nitrogens with zero attached hydrogens (tertiary/aromatic N) is 2. The van der Waals surface area contributed by atoms with E-state index in [4.69, 9.17) is 5.73 Å². The molecule has 9 nitrogen and oxygen atoms in total. The molecule has 0 aliphatic carbocycles. The third-order valence-electron chi connectivity index (χ3n) is 1.20. The molecule has 0 aromatic rings. The van der Waals surface area contributed by atoms with Crippen molar-refractivity contribution in [2.24, 2.45) is 10.7 Å². The predicted octanol–water partition coefficient (Wildman–Crippen LogP) is -1.44. The van der Waals surface area contributed by atoms with E-state index in [9.17, 15) is 19.7 Å². The molecule has 0 rings (SSSR count). The minimum absolute atomic E-state index is 0.0110. The monoisotopic (exact) mass is 218 g/mol. The fourth-order valence-corrected chi connectivity index (χ4v) is 0.666. The van der Waals surface area contributed by atoms with Crippen LogP contribution in [0, 0.1) is 10.1 Å². The molecular weight excluding hydrogens is 208 g/mol. The summed E-state index contributed by atoms with van der Waals surface area (Å²) in [5.74, 6) is -0.810. The van der Waals surface area contributed by atoms with Crippen molar-refractivity contribution in [3.05, 3.63) is 10.1 Å². The number of hydrogen-bond acceptors (Lipinski definition) is 5. The minimum Gasteiger partial charge on any atom is -0.369 e. The normalized spacial score (nSPS) is 10.5. The molecule has 2 amide bonds. The fourth-order valence-electron chi connectivity index (χ4n) is 0.666. The van der Waals surface area contributed by atoms with Gasteiger partial charge in [0, 0.05) is 6.42 Å². The first-order valence-corrected chi connectivity index (χ1v) is 3.90. The molecule has 15 heavy (non-hydrogen) atoms. The minimum atomic E-state index is -0.944. The van der Waals surface area contributed by atoms with Crippen LogP contribution in [0.15, 0.2) is 4.99 Å². The van der Waals surface area contributed by atoms with Crippen molar-refractivity contribution in [3.8, 4) is 0 Å². The van der Waals surface area contributed by atoms with Crippen molar-refractivity contribution < 1.29 is 19.5 Å². The van der Waals surface area contributed by atoms with Gasteiger partial charge in [-0.3, -0.25) is 14.9 Å². The number of nitrogens with two attached hydrogens (primary N) is 1. The zero-order chi connectivity index (χ0) is 11.7. The Balaban J connectivity index is 3.62. The fraction of sp³-hybridized carbons (Fsp3) is 0.500. The molecule has 0 spiro atoms. The Labute approximate surface area is 84.4 Å². The molecule has 0 saturated carbocycles. The number of rotatable bonds is 6. The number of guanidine groups is 1. The van der Waals surface area contributed by atoms with E-state index in [2.05, 4.69) is 15.1 Å². The van der Waals surface area contributed by atoms with Crippen molar-refractivity contribution in [2.75, 3.05) is 6.61 Å². The van der Waals surface area contributed by atoms with Crippen molar-refractivity contribution in [1.82, 2.24) is 5.32 Å². The summed E-state index contributed by atoms with van der Waals surface area (Å²) >= 11 is 0. The van der Waals surface area contributed by atoms with E-state index in [-0.39, 0.29) is 31.8 Å². The predicted molar refractivity (Wildman–Crippen MR) is 48.0 cm³/mol. The largest absolute Gasteiger partial charge is 0.369 e. The molecule has 0 fully saturated rings. The number of amides is 2. The van der Waals surface area contributed by atoms with E-state index < -0.39 is 11.0 Å². The standard InChI is InChI=1S/C6H10N4O5/c7-6(8-4-11)9-5(12)2-1-3-15-10(13)14/h4H,1-3H2,(H3,7,8,9,11,12). The van der Waals surface area contributed by atoms with Crippen LogP contribution in [0.25, 0.3) is 0 Å². The van der Waals surface area contributed by atoms with Gasteiger partial charge in [-0.25, -0.2) is 0 Å². The van der Waals surface area contributed by atoms with Crippen molar-refractivity contribution in [3.63, 3.8) is 0 Å². The van der Waals surface area contributed by atoms with Gasteiger partial charge < -0.3 is 10.6 Å². The lowest BCUT2D eigenvalue weighted by Gasteiger charge is -2.02. The van der Waals surface area contributed by atoms with Gasteiger partial charge in [0.15, 0.2) is 0 Å². The maximum Gasteiger partial charge on any atom is 0.294 e. The summed E-state index contributed by atoms with van der Waals surface area (Å²) in [5, 5.41) is 10.9. The van der Waals surface area contributed by atoms with Gasteiger partial charge in [-0.2, -0.15) is 4.99 Å².